The molecule has 0 bridgehead atoms. The Bertz CT molecular complexity index is 4920. The smallest absolute Gasteiger partial charge is 0.201 e. The number of hydrogen-bond donors (Lipinski definition) is 0. The number of aromatic nitrogens is 4. The molecule has 0 amide bonds. The quantitative estimate of drug-likeness (QED) is 0.115. The van der Waals surface area contributed by atoms with E-state index in [9.17, 15) is 0 Å². The van der Waals surface area contributed by atoms with Gasteiger partial charge in [0.25, 0.3) is 0 Å². The van der Waals surface area contributed by atoms with Crippen LogP contribution in [0.3, 0.4) is 0 Å². The van der Waals surface area contributed by atoms with Gasteiger partial charge in [0.15, 0.2) is 24.8 Å². The highest BCUT2D eigenvalue weighted by Crippen LogP contribution is 2.31. The molecule has 0 aliphatic heterocycles. The first-order chi connectivity index (χ1) is 48.5. The predicted octanol–water partition coefficient (Wildman–Crippen LogP) is 19.6. The molecular formula is C85H90N4+4. The summed E-state index contributed by atoms with van der Waals surface area (Å²) >= 11 is 0. The molecule has 0 N–H and O–H groups in total. The van der Waals surface area contributed by atoms with Crippen LogP contribution in [-0.2, 0) is 34.6 Å². The first kappa shape index (κ1) is 47.4. The van der Waals surface area contributed by atoms with Gasteiger partial charge >= 0.3 is 0 Å². The topological polar surface area (TPSA) is 15.5 Å². The van der Waals surface area contributed by atoms with Crippen LogP contribution in [0.25, 0.3) is 89.5 Å². The van der Waals surface area contributed by atoms with Crippen LogP contribution in [0.15, 0.2) is 267 Å². The molecule has 0 aliphatic rings. The lowest BCUT2D eigenvalue weighted by atomic mass is 9.98. The molecule has 4 heteroatoms. The second-order valence-electron chi connectivity index (χ2n) is 22.9. The van der Waals surface area contributed by atoms with Crippen molar-refractivity contribution in [3.8, 4) is 89.5 Å². The zero-order valence-corrected chi connectivity index (χ0v) is 52.9. The molecule has 12 rings (SSSR count). The molecule has 89 heavy (non-hydrogen) atoms. The van der Waals surface area contributed by atoms with Crippen LogP contribution in [-0.4, -0.2) is 0 Å². The van der Waals surface area contributed by atoms with E-state index < -0.39 is 39.2 Å². The molecule has 4 heterocycles. The van der Waals surface area contributed by atoms with E-state index in [-0.39, 0.29) is 6.42 Å². The first-order valence-corrected chi connectivity index (χ1v) is 30.1. The van der Waals surface area contributed by atoms with Crippen LogP contribution in [0.5, 0.6) is 0 Å². The monoisotopic (exact) mass is 1180 g/mol. The summed E-state index contributed by atoms with van der Waals surface area (Å²) in [6.07, 6.45) is 7.84. The Labute approximate surface area is 552 Å². The largest absolute Gasteiger partial charge is 0.213 e. The van der Waals surface area contributed by atoms with E-state index in [0.717, 1.165) is 61.6 Å². The second kappa shape index (κ2) is 29.8. The van der Waals surface area contributed by atoms with Gasteiger partial charge < -0.3 is 0 Å². The number of rotatable bonds is 11. The van der Waals surface area contributed by atoms with Gasteiger partial charge in [-0.2, -0.15) is 0 Å². The maximum absolute atomic E-state index is 8.20. The van der Waals surface area contributed by atoms with Crippen molar-refractivity contribution in [2.24, 2.45) is 34.1 Å². The van der Waals surface area contributed by atoms with Gasteiger partial charge in [-0.05, 0) is 168 Å². The molecule has 4 aromatic heterocycles. The minimum atomic E-state index is -2.92. The third-order valence-electron chi connectivity index (χ3n) is 16.2. The van der Waals surface area contributed by atoms with Crippen LogP contribution < -0.4 is 18.3 Å². The third-order valence-corrected chi connectivity index (χ3v) is 16.2. The van der Waals surface area contributed by atoms with Crippen LogP contribution in [0.2, 0.25) is 0 Å². The van der Waals surface area contributed by atoms with Crippen molar-refractivity contribution in [3.63, 3.8) is 0 Å². The van der Waals surface area contributed by atoms with Crippen LogP contribution in [0.1, 0.15) is 97.1 Å². The highest BCUT2D eigenvalue weighted by Gasteiger charge is 2.18. The standard InChI is InChI=1S/C23H26N.C22H24N.2C20H20N/c1-17(2)15-19-9-11-20(12-10-19)21-13-14-23(24(4)16-21)22-8-6-5-7-18(22)3;1-16(2)18-9-11-19(12-10-18)20-13-14-22(23(4)15-20)21-8-6-5-7-17(21)3;1-15-8-4-6-10-18(15)17-12-13-21(3)20(14-17)19-11-7-5-9-16(19)2;1-15-7-6-9-17(13-15)18-11-12-21(3)20(14-18)19-10-5-4-8-16(19)2/h5-14,16-17H,15H2,1-4H3;5-16H,1-4H3;2*4-14H,1-3H3/q4*+1/i1D3,2D3,17D;1D3,16D;1D3;. The molecule has 0 radical (unpaired) electrons. The minimum Gasteiger partial charge on any atom is -0.201 e. The molecule has 1 atom stereocenters. The Hall–Kier alpha value is -9.64. The lowest BCUT2D eigenvalue weighted by Gasteiger charge is -2.08. The molecule has 0 saturated carbocycles. The third kappa shape index (κ3) is 16.3. The van der Waals surface area contributed by atoms with Gasteiger partial charge in [-0.1, -0.05) is 203 Å². The van der Waals surface area contributed by atoms with Crippen molar-refractivity contribution < 1.29 is 37.5 Å². The first-order valence-electron chi connectivity index (χ1n) is 37.1. The molecule has 0 spiro atoms. The summed E-state index contributed by atoms with van der Waals surface area (Å²) in [4.78, 5) is 0. The number of benzene rings is 8. The lowest BCUT2D eigenvalue weighted by Crippen LogP contribution is -2.30. The van der Waals surface area contributed by atoms with Gasteiger partial charge in [0.2, 0.25) is 22.8 Å². The van der Waals surface area contributed by atoms with Gasteiger partial charge in [-0.25, -0.2) is 18.3 Å². The second-order valence-corrected chi connectivity index (χ2v) is 22.9. The van der Waals surface area contributed by atoms with Crippen LogP contribution in [0, 0.1) is 47.4 Å². The highest BCUT2D eigenvalue weighted by atomic mass is 14.9. The van der Waals surface area contributed by atoms with Gasteiger partial charge in [0, 0.05) is 89.0 Å². The summed E-state index contributed by atoms with van der Waals surface area (Å²) in [7, 11) is 8.11. The average molecular weight is 1180 g/mol. The number of hydrogen-bond acceptors (Lipinski definition) is 0. The molecule has 8 aromatic carbocycles. The van der Waals surface area contributed by atoms with E-state index in [1.54, 1.807) is 36.4 Å². The molecule has 0 fully saturated rings. The van der Waals surface area contributed by atoms with Crippen molar-refractivity contribution in [1.82, 2.24) is 0 Å². The van der Waals surface area contributed by atoms with Crippen LogP contribution >= 0.6 is 0 Å². The number of nitrogens with zero attached hydrogens (tertiary/aromatic N) is 4. The Morgan fingerprint density at radius 1 is 0.337 bits per heavy atom. The van der Waals surface area contributed by atoms with Crippen molar-refractivity contribution in [2.75, 3.05) is 0 Å². The zero-order chi connectivity index (χ0) is 75.0. The Morgan fingerprint density at radius 2 is 0.742 bits per heavy atom. The summed E-state index contributed by atoms with van der Waals surface area (Å²) in [5.74, 6) is -4.17. The molecule has 446 valence electrons. The van der Waals surface area contributed by atoms with Crippen molar-refractivity contribution in [3.05, 3.63) is 312 Å². The van der Waals surface area contributed by atoms with Gasteiger partial charge in [0.05, 0.1) is 0 Å². The van der Waals surface area contributed by atoms with E-state index in [1.165, 1.54) is 62.7 Å². The van der Waals surface area contributed by atoms with E-state index in [2.05, 4.69) is 194 Å². The average Bonchev–Trinajstić information content (AvgIpc) is 0.761. The van der Waals surface area contributed by atoms with E-state index in [0.29, 0.717) is 16.7 Å². The Kier molecular flexibility index (Phi) is 15.9. The zero-order valence-electron chi connectivity index (χ0n) is 66.9. The summed E-state index contributed by atoms with van der Waals surface area (Å²) in [5, 5.41) is 0. The fourth-order valence-electron chi connectivity index (χ4n) is 11.1. The van der Waals surface area contributed by atoms with E-state index >= 15 is 0 Å². The van der Waals surface area contributed by atoms with Gasteiger partial charge in [-0.3, -0.25) is 0 Å². The van der Waals surface area contributed by atoms with Crippen LogP contribution in [0.4, 0.5) is 0 Å². The molecule has 0 saturated heterocycles. The summed E-state index contributed by atoms with van der Waals surface area (Å²) < 4.78 is 116. The molecular weight excluding hydrogens is 1080 g/mol. The maximum atomic E-state index is 8.20. The lowest BCUT2D eigenvalue weighted by molar-refractivity contribution is -0.660. The summed E-state index contributed by atoms with van der Waals surface area (Å²) in [6, 6.07) is 80.1. The Balaban J connectivity index is 0.000000161. The highest BCUT2D eigenvalue weighted by molar-refractivity contribution is 5.74. The molecule has 4 nitrogen and oxygen atoms in total. The van der Waals surface area contributed by atoms with Gasteiger partial charge in [0.1, 0.15) is 28.2 Å². The summed E-state index contributed by atoms with van der Waals surface area (Å²) in [5.41, 5.74) is 25.0. The predicted molar refractivity (Wildman–Crippen MR) is 375 cm³/mol. The number of aryl methyl sites for hydroxylation is 10. The molecule has 1 unspecified atom stereocenters. The molecule has 12 aromatic rings. The van der Waals surface area contributed by atoms with E-state index in [1.807, 2.05) is 118 Å². The summed E-state index contributed by atoms with van der Waals surface area (Å²) in [6.45, 7) is 1.66. The fourth-order valence-corrected chi connectivity index (χ4v) is 11.1. The van der Waals surface area contributed by atoms with Crippen molar-refractivity contribution >= 4 is 0 Å². The fraction of sp³-hybridized carbons (Fsp3) is 0.200. The number of pyridine rings is 4. The minimum absolute atomic E-state index is 0.375. The van der Waals surface area contributed by atoms with Crippen molar-refractivity contribution in [2.45, 2.75) is 81.3 Å². The van der Waals surface area contributed by atoms with Crippen molar-refractivity contribution in [1.29, 1.82) is 0 Å². The maximum Gasteiger partial charge on any atom is 0.213 e. The normalized spacial score (nSPS) is 14.5. The Morgan fingerprint density at radius 3 is 1.18 bits per heavy atom. The SMILES string of the molecule is Cc1cccc(-c2cc[n+](C)c(-c3ccccc3C)c2)c1.[2H]C([2H])([2H])C([2H])(C)c1ccc(-c2ccc(-c3ccccc3C)[n+](C)c2)cc1.[2H]C([2H])([2H])C([2H])(Cc1ccc(-c2ccc(-c3ccccc3C)[n+](C)c2)cc1)C([2H])([2H])[2H].[2H]C([2H])([2H])c1ccccc1-c1cc[n+](C)c(-c2ccccc2C)c1. The van der Waals surface area contributed by atoms with Gasteiger partial charge in [-0.15, -0.1) is 0 Å². The van der Waals surface area contributed by atoms with E-state index in [4.69, 9.17) is 19.2 Å². The molecule has 0 aliphatic carbocycles.